The Bertz CT molecular complexity index is 1120. The van der Waals surface area contributed by atoms with E-state index in [1.807, 2.05) is 24.3 Å². The molecule has 0 aromatic heterocycles. The predicted molar refractivity (Wildman–Crippen MR) is 127 cm³/mol. The molecule has 0 saturated carbocycles. The summed E-state index contributed by atoms with van der Waals surface area (Å²) in [5, 5.41) is 3.25. The summed E-state index contributed by atoms with van der Waals surface area (Å²) in [6, 6.07) is 22.2. The molecule has 0 heterocycles. The van der Waals surface area contributed by atoms with Crippen molar-refractivity contribution in [2.24, 2.45) is 0 Å². The van der Waals surface area contributed by atoms with Crippen molar-refractivity contribution in [1.29, 1.82) is 0 Å². The van der Waals surface area contributed by atoms with Gasteiger partial charge in [-0.1, -0.05) is 41.9 Å². The second-order valence-electron chi connectivity index (χ2n) is 7.10. The number of para-hydroxylation sites is 1. The smallest absolute Gasteiger partial charge is 0.264 e. The molecular weight excluding hydrogens is 448 g/mol. The number of rotatable bonds is 10. The van der Waals surface area contributed by atoms with Gasteiger partial charge in [0.05, 0.1) is 17.7 Å². The van der Waals surface area contributed by atoms with E-state index in [2.05, 4.69) is 5.32 Å². The van der Waals surface area contributed by atoms with E-state index in [9.17, 15) is 13.2 Å². The first-order chi connectivity index (χ1) is 15.4. The molecule has 8 heteroatoms. The third kappa shape index (κ3) is 6.24. The van der Waals surface area contributed by atoms with Crippen LogP contribution in [0, 0.1) is 0 Å². The molecule has 3 aromatic carbocycles. The number of sulfonamides is 1. The van der Waals surface area contributed by atoms with Crippen LogP contribution in [0.4, 0.5) is 5.69 Å². The summed E-state index contributed by atoms with van der Waals surface area (Å²) >= 11 is 5.89. The SMILES string of the molecule is COc1ccc(CCCNC(=O)CN(c2ccccc2)S(=O)(=O)c2ccc(Cl)cc2)cc1. The van der Waals surface area contributed by atoms with Crippen LogP contribution in [0.15, 0.2) is 83.8 Å². The summed E-state index contributed by atoms with van der Waals surface area (Å²) in [5.74, 6) is 0.422. The highest BCUT2D eigenvalue weighted by Crippen LogP contribution is 2.24. The second kappa shape index (κ2) is 11.0. The van der Waals surface area contributed by atoms with Gasteiger partial charge in [-0.15, -0.1) is 0 Å². The normalized spacial score (nSPS) is 11.1. The quantitative estimate of drug-likeness (QED) is 0.446. The minimum absolute atomic E-state index is 0.0676. The molecule has 0 spiro atoms. The fourth-order valence-corrected chi connectivity index (χ4v) is 4.69. The Hall–Kier alpha value is -3.03. The van der Waals surface area contributed by atoms with Gasteiger partial charge in [0.2, 0.25) is 5.91 Å². The topological polar surface area (TPSA) is 75.7 Å². The van der Waals surface area contributed by atoms with Gasteiger partial charge >= 0.3 is 0 Å². The Morgan fingerprint density at radius 3 is 2.25 bits per heavy atom. The maximum absolute atomic E-state index is 13.2. The number of halogens is 1. The number of amides is 1. The Balaban J connectivity index is 1.64. The van der Waals surface area contributed by atoms with Crippen molar-refractivity contribution in [2.75, 3.05) is 24.5 Å². The van der Waals surface area contributed by atoms with E-state index in [4.69, 9.17) is 16.3 Å². The first-order valence-corrected chi connectivity index (χ1v) is 11.9. The fourth-order valence-electron chi connectivity index (χ4n) is 3.14. The van der Waals surface area contributed by atoms with Crippen LogP contribution in [-0.4, -0.2) is 34.5 Å². The molecule has 6 nitrogen and oxygen atoms in total. The number of ether oxygens (including phenoxy) is 1. The van der Waals surface area contributed by atoms with Crippen molar-refractivity contribution in [3.8, 4) is 5.75 Å². The number of methoxy groups -OCH3 is 1. The van der Waals surface area contributed by atoms with Crippen LogP contribution in [0.2, 0.25) is 5.02 Å². The van der Waals surface area contributed by atoms with Gasteiger partial charge < -0.3 is 10.1 Å². The second-order valence-corrected chi connectivity index (χ2v) is 9.40. The lowest BCUT2D eigenvalue weighted by Gasteiger charge is -2.24. The lowest BCUT2D eigenvalue weighted by atomic mass is 10.1. The predicted octanol–water partition coefficient (Wildman–Crippen LogP) is 4.29. The van der Waals surface area contributed by atoms with Crippen LogP contribution in [0.5, 0.6) is 5.75 Å². The number of benzene rings is 3. The summed E-state index contributed by atoms with van der Waals surface area (Å²) < 4.78 is 32.7. The van der Waals surface area contributed by atoms with Gasteiger partial charge in [-0.2, -0.15) is 0 Å². The molecule has 3 aromatic rings. The van der Waals surface area contributed by atoms with Gasteiger partial charge in [-0.3, -0.25) is 9.10 Å². The Morgan fingerprint density at radius 1 is 0.969 bits per heavy atom. The van der Waals surface area contributed by atoms with Crippen LogP contribution in [0.3, 0.4) is 0 Å². The molecule has 1 amide bonds. The van der Waals surface area contributed by atoms with Crippen molar-refractivity contribution in [2.45, 2.75) is 17.7 Å². The van der Waals surface area contributed by atoms with Crippen LogP contribution >= 0.6 is 11.6 Å². The number of hydrogen-bond acceptors (Lipinski definition) is 4. The number of nitrogens with one attached hydrogen (secondary N) is 1. The van der Waals surface area contributed by atoms with E-state index >= 15 is 0 Å². The fraction of sp³-hybridized carbons (Fsp3) is 0.208. The standard InChI is InChI=1S/C24H25ClN2O4S/c1-31-22-13-9-19(10-14-22)6-5-17-26-24(28)18-27(21-7-3-2-4-8-21)32(29,30)23-15-11-20(25)12-16-23/h2-4,7-16H,5-6,17-18H2,1H3,(H,26,28). The van der Waals surface area contributed by atoms with Crippen LogP contribution in [0.25, 0.3) is 0 Å². The van der Waals surface area contributed by atoms with Crippen molar-refractivity contribution in [3.05, 3.63) is 89.4 Å². The highest BCUT2D eigenvalue weighted by Gasteiger charge is 2.27. The van der Waals surface area contributed by atoms with Gasteiger partial charge in [-0.25, -0.2) is 8.42 Å². The van der Waals surface area contributed by atoms with E-state index in [1.165, 1.54) is 24.3 Å². The molecule has 0 aliphatic carbocycles. The lowest BCUT2D eigenvalue weighted by molar-refractivity contribution is -0.119. The molecule has 0 aliphatic rings. The molecule has 0 atom stereocenters. The first kappa shape index (κ1) is 23.6. The van der Waals surface area contributed by atoms with E-state index in [0.717, 1.165) is 28.5 Å². The minimum atomic E-state index is -3.94. The summed E-state index contributed by atoms with van der Waals surface area (Å²) in [6.07, 6.45) is 1.52. The van der Waals surface area contributed by atoms with E-state index < -0.39 is 10.0 Å². The zero-order chi connectivity index (χ0) is 23.0. The number of aryl methyl sites for hydroxylation is 1. The number of carbonyl (C=O) groups is 1. The third-order valence-corrected chi connectivity index (χ3v) is 6.90. The molecule has 0 radical (unpaired) electrons. The van der Waals surface area contributed by atoms with Crippen molar-refractivity contribution in [1.82, 2.24) is 5.32 Å². The zero-order valence-corrected chi connectivity index (χ0v) is 19.3. The molecule has 32 heavy (non-hydrogen) atoms. The van der Waals surface area contributed by atoms with Crippen molar-refractivity contribution >= 4 is 33.2 Å². The largest absolute Gasteiger partial charge is 0.497 e. The maximum Gasteiger partial charge on any atom is 0.264 e. The van der Waals surface area contributed by atoms with Gasteiger partial charge in [0.15, 0.2) is 0 Å². The van der Waals surface area contributed by atoms with Crippen molar-refractivity contribution < 1.29 is 17.9 Å². The monoisotopic (exact) mass is 472 g/mol. The average Bonchev–Trinajstić information content (AvgIpc) is 2.81. The summed E-state index contributed by atoms with van der Waals surface area (Å²) in [6.45, 7) is 0.117. The maximum atomic E-state index is 13.2. The highest BCUT2D eigenvalue weighted by molar-refractivity contribution is 7.92. The summed E-state index contributed by atoms with van der Waals surface area (Å²) in [7, 11) is -2.32. The molecular formula is C24H25ClN2O4S. The van der Waals surface area contributed by atoms with E-state index in [-0.39, 0.29) is 17.3 Å². The molecule has 3 rings (SSSR count). The average molecular weight is 473 g/mol. The molecule has 168 valence electrons. The van der Waals surface area contributed by atoms with Crippen LogP contribution in [0.1, 0.15) is 12.0 Å². The van der Waals surface area contributed by atoms with Crippen LogP contribution < -0.4 is 14.4 Å². The lowest BCUT2D eigenvalue weighted by Crippen LogP contribution is -2.41. The molecule has 0 bridgehead atoms. The Kier molecular flexibility index (Phi) is 8.14. The number of nitrogens with zero attached hydrogens (tertiary/aromatic N) is 1. The molecule has 1 N–H and O–H groups in total. The number of carbonyl (C=O) groups excluding carboxylic acids is 1. The molecule has 0 fully saturated rings. The summed E-state index contributed by atoms with van der Waals surface area (Å²) in [4.78, 5) is 12.7. The van der Waals surface area contributed by atoms with Gasteiger partial charge in [0.1, 0.15) is 12.3 Å². The molecule has 0 unspecified atom stereocenters. The Morgan fingerprint density at radius 2 is 1.62 bits per heavy atom. The minimum Gasteiger partial charge on any atom is -0.497 e. The first-order valence-electron chi connectivity index (χ1n) is 10.1. The van der Waals surface area contributed by atoms with Gasteiger partial charge in [-0.05, 0) is 66.9 Å². The van der Waals surface area contributed by atoms with Gasteiger partial charge in [0, 0.05) is 11.6 Å². The highest BCUT2D eigenvalue weighted by atomic mass is 35.5. The zero-order valence-electron chi connectivity index (χ0n) is 17.7. The summed E-state index contributed by atoms with van der Waals surface area (Å²) in [5.41, 5.74) is 1.55. The number of hydrogen-bond donors (Lipinski definition) is 1. The van der Waals surface area contributed by atoms with Gasteiger partial charge in [0.25, 0.3) is 10.0 Å². The Labute approximate surface area is 193 Å². The van der Waals surface area contributed by atoms with E-state index in [1.54, 1.807) is 37.4 Å². The number of anilines is 1. The van der Waals surface area contributed by atoms with Crippen molar-refractivity contribution in [3.63, 3.8) is 0 Å². The van der Waals surface area contributed by atoms with E-state index in [0.29, 0.717) is 17.3 Å². The molecule has 0 aliphatic heterocycles. The van der Waals surface area contributed by atoms with Crippen LogP contribution in [-0.2, 0) is 21.2 Å². The third-order valence-electron chi connectivity index (χ3n) is 4.86. The molecule has 0 saturated heterocycles.